The van der Waals surface area contributed by atoms with Crippen LogP contribution >= 0.6 is 23.2 Å². The predicted octanol–water partition coefficient (Wildman–Crippen LogP) is 3.47. The summed E-state index contributed by atoms with van der Waals surface area (Å²) in [4.78, 5) is 14.8. The molecule has 0 aromatic carbocycles. The second-order valence-electron chi connectivity index (χ2n) is 5.23. The van der Waals surface area contributed by atoms with Crippen molar-refractivity contribution >= 4 is 29.2 Å². The fourth-order valence-corrected chi connectivity index (χ4v) is 2.72. The molecule has 1 saturated heterocycles. The molecule has 0 aliphatic carbocycles. The Hall–Kier alpha value is -1.59. The lowest BCUT2D eigenvalue weighted by molar-refractivity contribution is 0.216. The topological polar surface area (TPSA) is 51.1 Å². The second-order valence-corrected chi connectivity index (χ2v) is 6.08. The largest absolute Gasteiger partial charge is 0.476 e. The third-order valence-corrected chi connectivity index (χ3v) is 4.17. The zero-order chi connectivity index (χ0) is 15.4. The first-order chi connectivity index (χ1) is 10.7. The molecule has 116 valence electrons. The van der Waals surface area contributed by atoms with Crippen molar-refractivity contribution in [1.82, 2.24) is 15.0 Å². The molecule has 1 fully saturated rings. The zero-order valence-corrected chi connectivity index (χ0v) is 13.5. The minimum Gasteiger partial charge on any atom is -0.476 e. The van der Waals surface area contributed by atoms with Crippen molar-refractivity contribution in [2.45, 2.75) is 12.8 Å². The fourth-order valence-electron chi connectivity index (χ4n) is 2.44. The molecule has 22 heavy (non-hydrogen) atoms. The van der Waals surface area contributed by atoms with Crippen molar-refractivity contribution in [3.05, 3.63) is 40.8 Å². The van der Waals surface area contributed by atoms with E-state index < -0.39 is 0 Å². The molecule has 1 aliphatic heterocycles. The van der Waals surface area contributed by atoms with Gasteiger partial charge in [-0.2, -0.15) is 0 Å². The van der Waals surface area contributed by atoms with Gasteiger partial charge in [-0.05, 0) is 30.9 Å². The van der Waals surface area contributed by atoms with Crippen LogP contribution in [-0.2, 0) is 0 Å². The SMILES string of the molecule is Clc1cnc(N2CCC(COc3ncccc3Cl)CC2)nc1. The van der Waals surface area contributed by atoms with E-state index in [2.05, 4.69) is 19.9 Å². The molecule has 2 aromatic heterocycles. The number of aromatic nitrogens is 3. The van der Waals surface area contributed by atoms with Crippen LogP contribution in [0.25, 0.3) is 0 Å². The smallest absolute Gasteiger partial charge is 0.232 e. The van der Waals surface area contributed by atoms with Gasteiger partial charge in [0.05, 0.1) is 24.0 Å². The van der Waals surface area contributed by atoms with Gasteiger partial charge in [-0.25, -0.2) is 15.0 Å². The highest BCUT2D eigenvalue weighted by Gasteiger charge is 2.21. The summed E-state index contributed by atoms with van der Waals surface area (Å²) in [7, 11) is 0. The average molecular weight is 339 g/mol. The summed E-state index contributed by atoms with van der Waals surface area (Å²) in [5.74, 6) is 1.73. The Morgan fingerprint density at radius 3 is 2.55 bits per heavy atom. The van der Waals surface area contributed by atoms with Crippen LogP contribution in [-0.4, -0.2) is 34.6 Å². The molecule has 0 amide bonds. The van der Waals surface area contributed by atoms with E-state index in [0.717, 1.165) is 31.9 Å². The fraction of sp³-hybridized carbons (Fsp3) is 0.400. The average Bonchev–Trinajstić information content (AvgIpc) is 2.55. The van der Waals surface area contributed by atoms with Gasteiger partial charge >= 0.3 is 0 Å². The predicted molar refractivity (Wildman–Crippen MR) is 86.7 cm³/mol. The number of rotatable bonds is 4. The molecule has 0 atom stereocenters. The molecule has 7 heteroatoms. The highest BCUT2D eigenvalue weighted by atomic mass is 35.5. The van der Waals surface area contributed by atoms with Crippen LogP contribution in [0, 0.1) is 5.92 Å². The standard InChI is InChI=1S/C15H16Cl2N4O/c16-12-8-19-15(20-9-12)21-6-3-11(4-7-21)10-22-14-13(17)2-1-5-18-14/h1-2,5,8-9,11H,3-4,6-7,10H2. The number of halogens is 2. The normalized spacial score (nSPS) is 15.8. The molecule has 0 spiro atoms. The Morgan fingerprint density at radius 2 is 1.86 bits per heavy atom. The molecule has 1 aliphatic rings. The van der Waals surface area contributed by atoms with Gasteiger partial charge in [0.25, 0.3) is 0 Å². The van der Waals surface area contributed by atoms with Gasteiger partial charge in [-0.15, -0.1) is 0 Å². The van der Waals surface area contributed by atoms with Gasteiger partial charge in [-0.1, -0.05) is 23.2 Å². The van der Waals surface area contributed by atoms with E-state index in [1.807, 2.05) is 0 Å². The Morgan fingerprint density at radius 1 is 1.14 bits per heavy atom. The van der Waals surface area contributed by atoms with E-state index in [-0.39, 0.29) is 0 Å². The van der Waals surface area contributed by atoms with Crippen molar-refractivity contribution in [1.29, 1.82) is 0 Å². The summed E-state index contributed by atoms with van der Waals surface area (Å²) in [5, 5.41) is 1.11. The zero-order valence-electron chi connectivity index (χ0n) is 12.0. The second kappa shape index (κ2) is 7.11. The number of anilines is 1. The molecule has 2 aromatic rings. The number of hydrogen-bond acceptors (Lipinski definition) is 5. The number of hydrogen-bond donors (Lipinski definition) is 0. The third kappa shape index (κ3) is 3.78. The summed E-state index contributed by atoms with van der Waals surface area (Å²) in [5.41, 5.74) is 0. The number of pyridine rings is 1. The summed E-state index contributed by atoms with van der Waals surface area (Å²) >= 11 is 11.8. The summed E-state index contributed by atoms with van der Waals surface area (Å²) in [6.07, 6.45) is 6.99. The lowest BCUT2D eigenvalue weighted by Crippen LogP contribution is -2.36. The summed E-state index contributed by atoms with van der Waals surface area (Å²) in [6, 6.07) is 3.57. The van der Waals surface area contributed by atoms with Gasteiger partial charge in [0.15, 0.2) is 0 Å². The minimum atomic E-state index is 0.488. The molecule has 0 saturated carbocycles. The maximum atomic E-state index is 6.03. The maximum Gasteiger partial charge on any atom is 0.232 e. The molecule has 0 bridgehead atoms. The van der Waals surface area contributed by atoms with Crippen molar-refractivity contribution in [2.75, 3.05) is 24.6 Å². The molecule has 5 nitrogen and oxygen atoms in total. The lowest BCUT2D eigenvalue weighted by atomic mass is 9.98. The molecule has 0 radical (unpaired) electrons. The van der Waals surface area contributed by atoms with Crippen molar-refractivity contribution in [3.8, 4) is 5.88 Å². The highest BCUT2D eigenvalue weighted by Crippen LogP contribution is 2.24. The Balaban J connectivity index is 1.49. The molecular formula is C15H16Cl2N4O. The molecule has 3 heterocycles. The molecular weight excluding hydrogens is 323 g/mol. The summed E-state index contributed by atoms with van der Waals surface area (Å²) in [6.45, 7) is 2.45. The van der Waals surface area contributed by atoms with E-state index in [1.165, 1.54) is 0 Å². The third-order valence-electron chi connectivity index (χ3n) is 3.68. The van der Waals surface area contributed by atoms with E-state index in [1.54, 1.807) is 30.7 Å². The van der Waals surface area contributed by atoms with Crippen LogP contribution in [0.4, 0.5) is 5.95 Å². The first kappa shape index (κ1) is 15.3. The van der Waals surface area contributed by atoms with Gasteiger partial charge in [0.1, 0.15) is 5.02 Å². The van der Waals surface area contributed by atoms with E-state index in [4.69, 9.17) is 27.9 Å². The minimum absolute atomic E-state index is 0.488. The van der Waals surface area contributed by atoms with Crippen molar-refractivity contribution in [2.24, 2.45) is 5.92 Å². The van der Waals surface area contributed by atoms with Crippen LogP contribution in [0.15, 0.2) is 30.7 Å². The molecule has 0 unspecified atom stereocenters. The van der Waals surface area contributed by atoms with Crippen molar-refractivity contribution in [3.63, 3.8) is 0 Å². The van der Waals surface area contributed by atoms with E-state index in [0.29, 0.717) is 28.5 Å². The van der Waals surface area contributed by atoms with Crippen LogP contribution in [0.2, 0.25) is 10.0 Å². The monoisotopic (exact) mass is 338 g/mol. The van der Waals surface area contributed by atoms with E-state index in [9.17, 15) is 0 Å². The quantitative estimate of drug-likeness (QED) is 0.854. The number of piperidine rings is 1. The number of nitrogens with zero attached hydrogens (tertiary/aromatic N) is 4. The van der Waals surface area contributed by atoms with Gasteiger partial charge in [-0.3, -0.25) is 0 Å². The van der Waals surface area contributed by atoms with Crippen LogP contribution in [0.3, 0.4) is 0 Å². The molecule has 3 rings (SSSR count). The maximum absolute atomic E-state index is 6.03. The first-order valence-corrected chi connectivity index (χ1v) is 7.94. The molecule has 0 N–H and O–H groups in total. The van der Waals surface area contributed by atoms with Crippen LogP contribution in [0.1, 0.15) is 12.8 Å². The van der Waals surface area contributed by atoms with Crippen molar-refractivity contribution < 1.29 is 4.74 Å². The van der Waals surface area contributed by atoms with E-state index >= 15 is 0 Å². The lowest BCUT2D eigenvalue weighted by Gasteiger charge is -2.31. The van der Waals surface area contributed by atoms with Gasteiger partial charge in [0, 0.05) is 19.3 Å². The van der Waals surface area contributed by atoms with Gasteiger partial charge in [0.2, 0.25) is 11.8 Å². The number of ether oxygens (including phenoxy) is 1. The Labute approximate surface area is 139 Å². The highest BCUT2D eigenvalue weighted by molar-refractivity contribution is 6.31. The van der Waals surface area contributed by atoms with Crippen LogP contribution in [0.5, 0.6) is 5.88 Å². The first-order valence-electron chi connectivity index (χ1n) is 7.18. The Bertz CT molecular complexity index is 615. The Kier molecular flexibility index (Phi) is 4.95. The summed E-state index contributed by atoms with van der Waals surface area (Å²) < 4.78 is 5.72. The van der Waals surface area contributed by atoms with Crippen LogP contribution < -0.4 is 9.64 Å². The van der Waals surface area contributed by atoms with Gasteiger partial charge < -0.3 is 9.64 Å².